The predicted octanol–water partition coefficient (Wildman–Crippen LogP) is 2.69. The van der Waals surface area contributed by atoms with Crippen LogP contribution in [0.4, 0.5) is 0 Å². The van der Waals surface area contributed by atoms with E-state index in [2.05, 4.69) is 16.2 Å². The van der Waals surface area contributed by atoms with Crippen molar-refractivity contribution >= 4 is 10.0 Å². The number of hydrogen-bond donors (Lipinski definition) is 1. The Labute approximate surface area is 133 Å². The topological polar surface area (TPSA) is 62.6 Å². The summed E-state index contributed by atoms with van der Waals surface area (Å²) in [5, 5.41) is 0. The molecule has 6 heteroatoms. The quantitative estimate of drug-likeness (QED) is 0.783. The molecule has 1 N–H and O–H groups in total. The monoisotopic (exact) mass is 326 g/mol. The lowest BCUT2D eigenvalue weighted by Crippen LogP contribution is -2.39. The van der Waals surface area contributed by atoms with E-state index in [1.807, 2.05) is 12.1 Å². The minimum absolute atomic E-state index is 0.0299. The fourth-order valence-electron chi connectivity index (χ4n) is 2.88. The van der Waals surface area contributed by atoms with Gasteiger partial charge in [-0.2, -0.15) is 0 Å². The normalized spacial score (nSPS) is 18.8. The van der Waals surface area contributed by atoms with Crippen LogP contribution < -0.4 is 4.72 Å². The summed E-state index contributed by atoms with van der Waals surface area (Å²) in [5.41, 5.74) is 0.636. The van der Waals surface area contributed by atoms with Crippen molar-refractivity contribution in [1.29, 1.82) is 0 Å². The SMILES string of the molecule is C=C(C)CS(=O)(=O)NCC(c1ccco1)N1CCCCCC1. The molecule has 2 heterocycles. The molecule has 0 spiro atoms. The third-order valence-electron chi connectivity index (χ3n) is 3.89. The Morgan fingerprint density at radius 2 is 2.05 bits per heavy atom. The van der Waals surface area contributed by atoms with Gasteiger partial charge >= 0.3 is 0 Å². The molecule has 1 atom stereocenters. The summed E-state index contributed by atoms with van der Waals surface area (Å²) in [7, 11) is -3.33. The van der Waals surface area contributed by atoms with E-state index in [1.165, 1.54) is 12.8 Å². The second-order valence-corrected chi connectivity index (χ2v) is 7.85. The van der Waals surface area contributed by atoms with Gasteiger partial charge in [0, 0.05) is 6.54 Å². The zero-order chi connectivity index (χ0) is 16.0. The van der Waals surface area contributed by atoms with E-state index in [1.54, 1.807) is 13.2 Å². The minimum atomic E-state index is -3.33. The lowest BCUT2D eigenvalue weighted by Gasteiger charge is -2.29. The maximum absolute atomic E-state index is 12.0. The number of nitrogens with zero attached hydrogens (tertiary/aromatic N) is 1. The maximum atomic E-state index is 12.0. The van der Waals surface area contributed by atoms with Gasteiger partial charge in [0.15, 0.2) is 0 Å². The first-order valence-electron chi connectivity index (χ1n) is 7.87. The van der Waals surface area contributed by atoms with Crippen LogP contribution in [-0.4, -0.2) is 38.7 Å². The van der Waals surface area contributed by atoms with Gasteiger partial charge in [-0.05, 0) is 45.0 Å². The van der Waals surface area contributed by atoms with Crippen molar-refractivity contribution in [1.82, 2.24) is 9.62 Å². The highest BCUT2D eigenvalue weighted by Gasteiger charge is 2.25. The van der Waals surface area contributed by atoms with E-state index < -0.39 is 10.0 Å². The van der Waals surface area contributed by atoms with E-state index in [0.717, 1.165) is 31.7 Å². The van der Waals surface area contributed by atoms with Crippen molar-refractivity contribution in [2.24, 2.45) is 0 Å². The Balaban J connectivity index is 2.07. The lowest BCUT2D eigenvalue weighted by atomic mass is 10.2. The highest BCUT2D eigenvalue weighted by molar-refractivity contribution is 7.89. The number of hydrogen-bond acceptors (Lipinski definition) is 4. The molecule has 0 bridgehead atoms. The first-order chi connectivity index (χ1) is 10.5. The fourth-order valence-corrected chi connectivity index (χ4v) is 4.04. The van der Waals surface area contributed by atoms with Gasteiger partial charge in [0.2, 0.25) is 10.0 Å². The van der Waals surface area contributed by atoms with Crippen molar-refractivity contribution in [3.05, 3.63) is 36.3 Å². The Kier molecular flexibility index (Phi) is 6.23. The van der Waals surface area contributed by atoms with Crippen molar-refractivity contribution in [2.75, 3.05) is 25.4 Å². The third-order valence-corrected chi connectivity index (χ3v) is 5.37. The van der Waals surface area contributed by atoms with Crippen molar-refractivity contribution in [3.8, 4) is 0 Å². The van der Waals surface area contributed by atoms with Gasteiger partial charge in [-0.3, -0.25) is 4.90 Å². The molecular formula is C16H26N2O3S. The van der Waals surface area contributed by atoms with Crippen molar-refractivity contribution in [3.63, 3.8) is 0 Å². The summed E-state index contributed by atoms with van der Waals surface area (Å²) in [5.74, 6) is 0.789. The molecule has 2 rings (SSSR count). The van der Waals surface area contributed by atoms with E-state index >= 15 is 0 Å². The Morgan fingerprint density at radius 1 is 1.36 bits per heavy atom. The molecule has 1 unspecified atom stereocenters. The number of nitrogens with one attached hydrogen (secondary N) is 1. The largest absolute Gasteiger partial charge is 0.468 e. The van der Waals surface area contributed by atoms with Gasteiger partial charge in [0.1, 0.15) is 5.76 Å². The number of likely N-dealkylation sites (tertiary alicyclic amines) is 1. The molecule has 0 amide bonds. The average Bonchev–Trinajstić information content (AvgIpc) is 2.81. The minimum Gasteiger partial charge on any atom is -0.468 e. The van der Waals surface area contributed by atoms with Crippen LogP contribution in [0, 0.1) is 0 Å². The summed E-state index contributed by atoms with van der Waals surface area (Å²) in [6.45, 7) is 7.69. The highest BCUT2D eigenvalue weighted by Crippen LogP contribution is 2.24. The van der Waals surface area contributed by atoms with Gasteiger partial charge in [0.25, 0.3) is 0 Å². The molecule has 1 aromatic rings. The summed E-state index contributed by atoms with van der Waals surface area (Å²) in [6, 6.07) is 3.72. The van der Waals surface area contributed by atoms with E-state index in [9.17, 15) is 8.42 Å². The summed E-state index contributed by atoms with van der Waals surface area (Å²) >= 11 is 0. The van der Waals surface area contributed by atoms with Gasteiger partial charge in [-0.1, -0.05) is 25.0 Å². The Bertz CT molecular complexity index is 558. The molecule has 0 saturated carbocycles. The van der Waals surface area contributed by atoms with Gasteiger partial charge in [0.05, 0.1) is 18.1 Å². The standard InChI is InChI=1S/C16H26N2O3S/c1-14(2)13-22(19,20)17-12-15(16-8-7-11-21-16)18-9-5-3-4-6-10-18/h7-8,11,15,17H,1,3-6,9-10,12-13H2,2H3. The summed E-state index contributed by atoms with van der Waals surface area (Å²) in [6.07, 6.45) is 6.42. The molecule has 0 aliphatic carbocycles. The molecule has 0 aromatic carbocycles. The zero-order valence-corrected chi connectivity index (χ0v) is 14.1. The maximum Gasteiger partial charge on any atom is 0.215 e. The third kappa shape index (κ3) is 5.26. The smallest absolute Gasteiger partial charge is 0.215 e. The number of furan rings is 1. The predicted molar refractivity (Wildman–Crippen MR) is 88.1 cm³/mol. The van der Waals surface area contributed by atoms with Crippen LogP contribution in [-0.2, 0) is 10.0 Å². The van der Waals surface area contributed by atoms with Crippen LogP contribution in [0.5, 0.6) is 0 Å². The molecule has 5 nitrogen and oxygen atoms in total. The molecule has 1 saturated heterocycles. The molecule has 0 radical (unpaired) electrons. The van der Waals surface area contributed by atoms with Crippen molar-refractivity contribution < 1.29 is 12.8 Å². The van der Waals surface area contributed by atoms with Gasteiger partial charge in [-0.15, -0.1) is 0 Å². The van der Waals surface area contributed by atoms with E-state index in [4.69, 9.17) is 4.42 Å². The molecule has 22 heavy (non-hydrogen) atoms. The molecular weight excluding hydrogens is 300 g/mol. The Morgan fingerprint density at radius 3 is 2.59 bits per heavy atom. The van der Waals surface area contributed by atoms with Gasteiger partial charge in [-0.25, -0.2) is 13.1 Å². The molecule has 1 aliphatic heterocycles. The Hall–Kier alpha value is -1.11. The van der Waals surface area contributed by atoms with Crippen LogP contribution >= 0.6 is 0 Å². The molecule has 124 valence electrons. The first kappa shape index (κ1) is 17.2. The van der Waals surface area contributed by atoms with Crippen LogP contribution in [0.1, 0.15) is 44.4 Å². The lowest BCUT2D eigenvalue weighted by molar-refractivity contribution is 0.182. The second kappa shape index (κ2) is 7.94. The zero-order valence-electron chi connectivity index (χ0n) is 13.3. The first-order valence-corrected chi connectivity index (χ1v) is 9.52. The number of rotatable bonds is 7. The summed E-state index contributed by atoms with van der Waals surface area (Å²) in [4.78, 5) is 2.33. The fraction of sp³-hybridized carbons (Fsp3) is 0.625. The average molecular weight is 326 g/mol. The number of sulfonamides is 1. The second-order valence-electron chi connectivity index (χ2n) is 6.05. The molecule has 1 fully saturated rings. The highest BCUT2D eigenvalue weighted by atomic mass is 32.2. The van der Waals surface area contributed by atoms with Gasteiger partial charge < -0.3 is 4.42 Å². The summed E-state index contributed by atoms with van der Waals surface area (Å²) < 4.78 is 32.3. The van der Waals surface area contributed by atoms with Crippen molar-refractivity contribution in [2.45, 2.75) is 38.6 Å². The van der Waals surface area contributed by atoms with Crippen LogP contribution in [0.2, 0.25) is 0 Å². The van der Waals surface area contributed by atoms with E-state index in [-0.39, 0.29) is 11.8 Å². The van der Waals surface area contributed by atoms with Crippen LogP contribution in [0.15, 0.2) is 35.0 Å². The molecule has 1 aliphatic rings. The van der Waals surface area contributed by atoms with E-state index in [0.29, 0.717) is 12.1 Å². The van der Waals surface area contributed by atoms with Crippen LogP contribution in [0.25, 0.3) is 0 Å². The van der Waals surface area contributed by atoms with Crippen LogP contribution in [0.3, 0.4) is 0 Å². The molecule has 1 aromatic heterocycles.